The van der Waals surface area contributed by atoms with E-state index < -0.39 is 11.8 Å². The standard InChI is InChI=1S/C25H22N2O4/c1-26(17-11-5-4-6-12-17)23-22(18-13-7-9-15-20(18)30-2)24(28)27(25(23)29)19-14-8-10-16-21(19)31-3/h4-16H,1-3H3. The monoisotopic (exact) mass is 414 g/mol. The van der Waals surface area contributed by atoms with Crippen molar-refractivity contribution < 1.29 is 19.1 Å². The van der Waals surface area contributed by atoms with E-state index in [-0.39, 0.29) is 11.3 Å². The van der Waals surface area contributed by atoms with E-state index in [2.05, 4.69) is 0 Å². The quantitative estimate of drug-likeness (QED) is 0.568. The fourth-order valence-corrected chi connectivity index (χ4v) is 3.74. The lowest BCUT2D eigenvalue weighted by molar-refractivity contribution is -0.120. The molecule has 0 spiro atoms. The van der Waals surface area contributed by atoms with Crippen LogP contribution in [-0.4, -0.2) is 33.1 Å². The SMILES string of the molecule is COc1ccccc1C1=C(N(C)c2ccccc2)C(=O)N(c2ccccc2OC)C1=O. The van der Waals surface area contributed by atoms with Crippen LogP contribution in [0.5, 0.6) is 11.5 Å². The number of anilines is 2. The predicted molar refractivity (Wildman–Crippen MR) is 120 cm³/mol. The van der Waals surface area contributed by atoms with Crippen molar-refractivity contribution in [1.29, 1.82) is 0 Å². The van der Waals surface area contributed by atoms with Crippen molar-refractivity contribution in [2.75, 3.05) is 31.1 Å². The number of ether oxygens (including phenoxy) is 2. The molecular weight excluding hydrogens is 392 g/mol. The third-order valence-corrected chi connectivity index (χ3v) is 5.24. The number of likely N-dealkylation sites (N-methyl/N-ethyl adjacent to an activating group) is 1. The zero-order chi connectivity index (χ0) is 22.0. The van der Waals surface area contributed by atoms with Crippen molar-refractivity contribution in [3.8, 4) is 11.5 Å². The molecule has 6 nitrogen and oxygen atoms in total. The van der Waals surface area contributed by atoms with Gasteiger partial charge in [-0.05, 0) is 30.3 Å². The van der Waals surface area contributed by atoms with Gasteiger partial charge in [0.25, 0.3) is 11.8 Å². The summed E-state index contributed by atoms with van der Waals surface area (Å²) in [6, 6.07) is 23.6. The second-order valence-corrected chi connectivity index (χ2v) is 6.94. The van der Waals surface area contributed by atoms with Crippen LogP contribution in [0.3, 0.4) is 0 Å². The maximum absolute atomic E-state index is 13.7. The Kier molecular flexibility index (Phi) is 5.45. The lowest BCUT2D eigenvalue weighted by atomic mass is 10.0. The van der Waals surface area contributed by atoms with Gasteiger partial charge in [0.2, 0.25) is 0 Å². The Hall–Kier alpha value is -4.06. The van der Waals surface area contributed by atoms with Crippen molar-refractivity contribution in [1.82, 2.24) is 0 Å². The molecule has 0 aromatic heterocycles. The van der Waals surface area contributed by atoms with Crippen LogP contribution >= 0.6 is 0 Å². The molecule has 2 amide bonds. The summed E-state index contributed by atoms with van der Waals surface area (Å²) >= 11 is 0. The first kappa shape index (κ1) is 20.2. The summed E-state index contributed by atoms with van der Waals surface area (Å²) in [5, 5.41) is 0. The molecule has 31 heavy (non-hydrogen) atoms. The Bertz CT molecular complexity index is 1170. The Morgan fingerprint density at radius 1 is 0.710 bits per heavy atom. The molecule has 1 aliphatic rings. The molecule has 0 radical (unpaired) electrons. The number of para-hydroxylation sites is 4. The van der Waals surface area contributed by atoms with E-state index in [9.17, 15) is 9.59 Å². The number of rotatable bonds is 6. The summed E-state index contributed by atoms with van der Waals surface area (Å²) in [7, 11) is 4.83. The maximum Gasteiger partial charge on any atom is 0.282 e. The first-order chi connectivity index (χ1) is 15.1. The molecule has 0 fully saturated rings. The van der Waals surface area contributed by atoms with Crippen LogP contribution in [0.4, 0.5) is 11.4 Å². The molecule has 0 bridgehead atoms. The number of carbonyl (C=O) groups excluding carboxylic acids is 2. The summed E-state index contributed by atoms with van der Waals surface area (Å²) < 4.78 is 10.9. The van der Waals surface area contributed by atoms with E-state index in [1.165, 1.54) is 7.11 Å². The molecule has 3 aromatic rings. The molecule has 1 aliphatic heterocycles. The van der Waals surface area contributed by atoms with Crippen LogP contribution in [0.1, 0.15) is 5.56 Å². The number of imide groups is 1. The van der Waals surface area contributed by atoms with Crippen molar-refractivity contribution in [3.63, 3.8) is 0 Å². The van der Waals surface area contributed by atoms with Gasteiger partial charge in [0, 0.05) is 18.3 Å². The Morgan fingerprint density at radius 3 is 1.97 bits per heavy atom. The number of methoxy groups -OCH3 is 2. The summed E-state index contributed by atoms with van der Waals surface area (Å²) in [6.07, 6.45) is 0. The van der Waals surface area contributed by atoms with Gasteiger partial charge in [0.05, 0.1) is 25.5 Å². The van der Waals surface area contributed by atoms with Crippen LogP contribution < -0.4 is 19.3 Å². The van der Waals surface area contributed by atoms with Crippen LogP contribution in [0.25, 0.3) is 5.57 Å². The van der Waals surface area contributed by atoms with Gasteiger partial charge in [-0.3, -0.25) is 9.59 Å². The summed E-state index contributed by atoms with van der Waals surface area (Å²) in [6.45, 7) is 0. The maximum atomic E-state index is 13.7. The van der Waals surface area contributed by atoms with Gasteiger partial charge in [0.1, 0.15) is 17.2 Å². The normalized spacial score (nSPS) is 13.6. The number of benzene rings is 3. The minimum Gasteiger partial charge on any atom is -0.496 e. The smallest absolute Gasteiger partial charge is 0.282 e. The zero-order valence-corrected chi connectivity index (χ0v) is 17.5. The molecule has 0 unspecified atom stereocenters. The van der Waals surface area contributed by atoms with E-state index in [1.807, 2.05) is 42.5 Å². The second-order valence-electron chi connectivity index (χ2n) is 6.94. The van der Waals surface area contributed by atoms with E-state index >= 15 is 0 Å². The molecule has 156 valence electrons. The lowest BCUT2D eigenvalue weighted by Gasteiger charge is -2.22. The van der Waals surface area contributed by atoms with Crippen LogP contribution in [0, 0.1) is 0 Å². The number of carbonyl (C=O) groups is 2. The summed E-state index contributed by atoms with van der Waals surface area (Å²) in [5.74, 6) is 0.0882. The van der Waals surface area contributed by atoms with Crippen molar-refractivity contribution in [3.05, 3.63) is 90.1 Å². The number of hydrogen-bond acceptors (Lipinski definition) is 5. The summed E-state index contributed by atoms with van der Waals surface area (Å²) in [4.78, 5) is 30.3. The molecule has 6 heteroatoms. The number of nitrogens with zero attached hydrogens (tertiary/aromatic N) is 2. The first-order valence-electron chi connectivity index (χ1n) is 9.76. The molecular formula is C25H22N2O4. The topological polar surface area (TPSA) is 59.1 Å². The highest BCUT2D eigenvalue weighted by Crippen LogP contribution is 2.41. The Labute approximate surface area is 180 Å². The Balaban J connectivity index is 1.94. The molecule has 4 rings (SSSR count). The zero-order valence-electron chi connectivity index (χ0n) is 17.5. The molecule has 3 aromatic carbocycles. The molecule has 0 saturated heterocycles. The van der Waals surface area contributed by atoms with Crippen LogP contribution in [-0.2, 0) is 9.59 Å². The minimum absolute atomic E-state index is 0.270. The molecule has 0 saturated carbocycles. The van der Waals surface area contributed by atoms with Crippen molar-refractivity contribution >= 4 is 28.8 Å². The van der Waals surface area contributed by atoms with Crippen LogP contribution in [0.2, 0.25) is 0 Å². The average molecular weight is 414 g/mol. The highest BCUT2D eigenvalue weighted by molar-refractivity contribution is 6.46. The molecule has 0 N–H and O–H groups in total. The van der Waals surface area contributed by atoms with Gasteiger partial charge in [-0.15, -0.1) is 0 Å². The van der Waals surface area contributed by atoms with E-state index in [0.717, 1.165) is 10.6 Å². The highest BCUT2D eigenvalue weighted by atomic mass is 16.5. The van der Waals surface area contributed by atoms with Crippen LogP contribution in [0.15, 0.2) is 84.6 Å². The molecule has 0 aliphatic carbocycles. The van der Waals surface area contributed by atoms with Gasteiger partial charge in [0.15, 0.2) is 0 Å². The lowest BCUT2D eigenvalue weighted by Crippen LogP contribution is -2.34. The van der Waals surface area contributed by atoms with Crippen molar-refractivity contribution in [2.45, 2.75) is 0 Å². The van der Waals surface area contributed by atoms with E-state index in [1.54, 1.807) is 55.5 Å². The third kappa shape index (κ3) is 3.42. The van der Waals surface area contributed by atoms with Gasteiger partial charge in [-0.2, -0.15) is 0 Å². The number of hydrogen-bond donors (Lipinski definition) is 0. The molecule has 0 atom stereocenters. The van der Waals surface area contributed by atoms with Gasteiger partial charge in [-0.25, -0.2) is 4.90 Å². The fraction of sp³-hybridized carbons (Fsp3) is 0.120. The van der Waals surface area contributed by atoms with Gasteiger partial charge in [-0.1, -0.05) is 48.5 Å². The predicted octanol–water partition coefficient (Wildman–Crippen LogP) is 4.12. The van der Waals surface area contributed by atoms with Gasteiger partial charge >= 0.3 is 0 Å². The van der Waals surface area contributed by atoms with E-state index in [0.29, 0.717) is 22.7 Å². The average Bonchev–Trinajstić information content (AvgIpc) is 3.08. The fourth-order valence-electron chi connectivity index (χ4n) is 3.74. The highest BCUT2D eigenvalue weighted by Gasteiger charge is 2.43. The third-order valence-electron chi connectivity index (χ3n) is 5.24. The second kappa shape index (κ2) is 8.36. The first-order valence-corrected chi connectivity index (χ1v) is 9.76. The van der Waals surface area contributed by atoms with Crippen molar-refractivity contribution in [2.24, 2.45) is 0 Å². The largest absolute Gasteiger partial charge is 0.496 e. The van der Waals surface area contributed by atoms with E-state index in [4.69, 9.17) is 9.47 Å². The Morgan fingerprint density at radius 2 is 1.29 bits per heavy atom. The number of amides is 2. The summed E-state index contributed by atoms with van der Waals surface area (Å²) in [5.41, 5.74) is 2.28. The minimum atomic E-state index is -0.434. The van der Waals surface area contributed by atoms with Gasteiger partial charge < -0.3 is 14.4 Å². The molecule has 1 heterocycles.